The number of nitrogen functional groups attached to an aromatic ring is 1. The third kappa shape index (κ3) is 5.94. The summed E-state index contributed by atoms with van der Waals surface area (Å²) < 4.78 is 19.5. The van der Waals surface area contributed by atoms with Gasteiger partial charge in [0, 0.05) is 30.5 Å². The van der Waals surface area contributed by atoms with E-state index in [0.717, 1.165) is 23.1 Å². The molecular weight excluding hydrogens is 501 g/mol. The molecule has 1 aliphatic heterocycles. The second-order valence-electron chi connectivity index (χ2n) is 7.96. The zero-order valence-electron chi connectivity index (χ0n) is 19.4. The molecule has 0 atom stereocenters. The zero-order valence-corrected chi connectivity index (χ0v) is 20.2. The molecule has 0 aliphatic carbocycles. The quantitative estimate of drug-likeness (QED) is 0.190. The summed E-state index contributed by atoms with van der Waals surface area (Å²) in [5.41, 5.74) is 7.04. The van der Waals surface area contributed by atoms with E-state index in [0.29, 0.717) is 37.0 Å². The number of carbonyl (C=O) groups is 1. The Bertz CT molecular complexity index is 1390. The highest BCUT2D eigenvalue weighted by Crippen LogP contribution is 2.30. The Balaban J connectivity index is 1.19. The fourth-order valence-electron chi connectivity index (χ4n) is 3.66. The van der Waals surface area contributed by atoms with Crippen molar-refractivity contribution in [2.75, 3.05) is 36.5 Å². The summed E-state index contributed by atoms with van der Waals surface area (Å²) in [6.45, 7) is 2.05. The molecule has 13 heteroatoms. The van der Waals surface area contributed by atoms with E-state index in [1.54, 1.807) is 35.4 Å². The van der Waals surface area contributed by atoms with E-state index in [2.05, 4.69) is 35.7 Å². The molecule has 11 nitrogen and oxygen atoms in total. The molecule has 0 saturated carbocycles. The monoisotopic (exact) mass is 522 g/mol. The number of ether oxygens (including phenoxy) is 1. The van der Waals surface area contributed by atoms with Gasteiger partial charge in [-0.15, -0.1) is 0 Å². The largest absolute Gasteiger partial charge is 0.378 e. The number of benzene rings is 1. The van der Waals surface area contributed by atoms with Crippen LogP contribution in [0, 0.1) is 5.82 Å². The van der Waals surface area contributed by atoms with Gasteiger partial charge in [-0.05, 0) is 36.4 Å². The molecule has 0 spiro atoms. The van der Waals surface area contributed by atoms with Gasteiger partial charge in [-0.2, -0.15) is 20.8 Å². The highest BCUT2D eigenvalue weighted by molar-refractivity contribution is 6.33. The first-order valence-corrected chi connectivity index (χ1v) is 11.7. The topological polar surface area (TPSA) is 135 Å². The van der Waals surface area contributed by atoms with Crippen LogP contribution in [0.2, 0.25) is 5.02 Å². The van der Waals surface area contributed by atoms with Crippen LogP contribution in [0.1, 0.15) is 10.5 Å². The first kappa shape index (κ1) is 24.4. The average molecular weight is 523 g/mol. The number of quaternary nitrogens is 1. The van der Waals surface area contributed by atoms with Crippen molar-refractivity contribution in [2.24, 2.45) is 0 Å². The summed E-state index contributed by atoms with van der Waals surface area (Å²) >= 11 is 6.43. The molecule has 1 saturated heterocycles. The number of amides is 1. The average Bonchev–Trinajstić information content (AvgIpc) is 2.94. The number of pyridine rings is 1. The van der Waals surface area contributed by atoms with Gasteiger partial charge in [0.25, 0.3) is 0 Å². The Morgan fingerprint density at radius 2 is 1.89 bits per heavy atom. The first-order chi connectivity index (χ1) is 18.1. The Labute approximate surface area is 216 Å². The van der Waals surface area contributed by atoms with Crippen molar-refractivity contribution in [3.8, 4) is 11.3 Å². The summed E-state index contributed by atoms with van der Waals surface area (Å²) in [5.74, 6) is -0.626. The number of anilines is 3. The molecule has 0 unspecified atom stereocenters. The normalized spacial score (nSPS) is 13.3. The predicted molar refractivity (Wildman–Crippen MR) is 134 cm³/mol. The van der Waals surface area contributed by atoms with Crippen molar-refractivity contribution in [2.45, 2.75) is 0 Å². The Morgan fingerprint density at radius 1 is 1.05 bits per heavy atom. The van der Waals surface area contributed by atoms with E-state index < -0.39 is 11.7 Å². The van der Waals surface area contributed by atoms with Crippen LogP contribution in [-0.4, -0.2) is 57.1 Å². The number of carbonyl (C=O) groups excluding carboxylic acids is 1. The first-order valence-electron chi connectivity index (χ1n) is 11.3. The molecule has 3 aromatic heterocycles. The van der Waals surface area contributed by atoms with Crippen molar-refractivity contribution in [3.63, 3.8) is 0 Å². The lowest BCUT2D eigenvalue weighted by Gasteiger charge is -2.27. The third-order valence-electron chi connectivity index (χ3n) is 5.50. The molecule has 4 N–H and O–H groups in total. The minimum Gasteiger partial charge on any atom is -0.378 e. The Morgan fingerprint density at radius 3 is 2.62 bits per heavy atom. The van der Waals surface area contributed by atoms with Gasteiger partial charge in [0.2, 0.25) is 0 Å². The molecule has 4 aromatic rings. The number of nitrogens with zero attached hydrogens (tertiary/aromatic N) is 6. The maximum absolute atomic E-state index is 14.2. The summed E-state index contributed by atoms with van der Waals surface area (Å²) in [6.07, 6.45) is 5.74. The van der Waals surface area contributed by atoms with Gasteiger partial charge in [-0.1, -0.05) is 11.6 Å². The summed E-state index contributed by atoms with van der Waals surface area (Å²) in [7, 11) is 0. The molecule has 188 valence electrons. The Kier molecular flexibility index (Phi) is 7.40. The minimum absolute atomic E-state index is 0.178. The molecule has 1 fully saturated rings. The number of morpholine rings is 1. The number of aromatic nitrogens is 5. The molecule has 5 rings (SSSR count). The van der Waals surface area contributed by atoms with Crippen molar-refractivity contribution >= 4 is 40.6 Å². The molecule has 4 heterocycles. The molecule has 37 heavy (non-hydrogen) atoms. The van der Waals surface area contributed by atoms with Crippen LogP contribution >= 0.6 is 11.6 Å². The van der Waals surface area contributed by atoms with Crippen molar-refractivity contribution in [3.05, 3.63) is 77.8 Å². The molecule has 0 bridgehead atoms. The predicted octanol–water partition coefficient (Wildman–Crippen LogP) is 2.24. The lowest BCUT2D eigenvalue weighted by molar-refractivity contribution is -0.625. The molecule has 1 amide bonds. The van der Waals surface area contributed by atoms with Gasteiger partial charge >= 0.3 is 11.9 Å². The number of halogens is 2. The Hall–Kier alpha value is -4.26. The van der Waals surface area contributed by atoms with E-state index in [9.17, 15) is 9.18 Å². The number of rotatable bonds is 7. The summed E-state index contributed by atoms with van der Waals surface area (Å²) in [6, 6.07) is 10.6. The van der Waals surface area contributed by atoms with E-state index in [1.807, 2.05) is 12.1 Å². The van der Waals surface area contributed by atoms with E-state index in [1.165, 1.54) is 17.9 Å². The van der Waals surface area contributed by atoms with Crippen LogP contribution in [0.4, 0.5) is 27.5 Å². The van der Waals surface area contributed by atoms with Crippen LogP contribution < -0.4 is 21.1 Å². The van der Waals surface area contributed by atoms with E-state index in [4.69, 9.17) is 16.3 Å². The standard InChI is InChI=1S/C24H21ClFN9O2/c25-18-11-15(1-3-17(18)20-5-6-27-14-30-20)31-16-2-4-21(28-12-16)23(36)33-34-24-29-13-19(26)22(32-24)35-7-9-37-10-8-35/h1-6,11-14,31H,7-10H2,(H,33,36)(H,29,32,34)/p+1. The summed E-state index contributed by atoms with van der Waals surface area (Å²) in [5, 5.41) is 3.73. The van der Waals surface area contributed by atoms with Crippen molar-refractivity contribution in [1.82, 2.24) is 30.3 Å². The molecule has 1 aromatic carbocycles. The van der Waals surface area contributed by atoms with Crippen LogP contribution in [0.15, 0.2) is 61.3 Å². The van der Waals surface area contributed by atoms with Crippen LogP contribution in [0.5, 0.6) is 0 Å². The van der Waals surface area contributed by atoms with E-state index in [-0.39, 0.29) is 17.5 Å². The smallest absolute Gasteiger partial charge is 0.352 e. The minimum atomic E-state index is -0.528. The number of nitrogens with two attached hydrogens (primary N) is 1. The fourth-order valence-corrected chi connectivity index (χ4v) is 3.94. The van der Waals surface area contributed by atoms with Crippen LogP contribution in [0.3, 0.4) is 0 Å². The number of hydrogen-bond acceptors (Lipinski definition) is 9. The van der Waals surface area contributed by atoms with Gasteiger partial charge in [0.15, 0.2) is 11.6 Å². The maximum atomic E-state index is 14.2. The van der Waals surface area contributed by atoms with Crippen molar-refractivity contribution in [1.29, 1.82) is 0 Å². The van der Waals surface area contributed by atoms with Crippen LogP contribution in [0.25, 0.3) is 11.3 Å². The third-order valence-corrected chi connectivity index (χ3v) is 5.81. The van der Waals surface area contributed by atoms with Gasteiger partial charge in [-0.3, -0.25) is 4.79 Å². The second-order valence-corrected chi connectivity index (χ2v) is 8.37. The maximum Gasteiger partial charge on any atom is 0.352 e. The summed E-state index contributed by atoms with van der Waals surface area (Å²) in [4.78, 5) is 34.8. The highest BCUT2D eigenvalue weighted by atomic mass is 35.5. The van der Waals surface area contributed by atoms with E-state index >= 15 is 0 Å². The molecule has 1 aliphatic rings. The van der Waals surface area contributed by atoms with Gasteiger partial charge in [0.1, 0.15) is 12.0 Å². The SMILES string of the molecule is O=C(N[NH2+]c1ncc(F)c(N2CCOCC2)n1)c1ccc(Nc2ccc(-c3ccncn3)c(Cl)c2)cn1. The van der Waals surface area contributed by atoms with Gasteiger partial charge in [-0.25, -0.2) is 19.3 Å². The lowest BCUT2D eigenvalue weighted by atomic mass is 10.1. The fraction of sp³-hybridized carbons (Fsp3) is 0.167. The van der Waals surface area contributed by atoms with Crippen molar-refractivity contribution < 1.29 is 19.3 Å². The number of nitrogens with one attached hydrogen (secondary N) is 2. The highest BCUT2D eigenvalue weighted by Gasteiger charge is 2.20. The molecule has 0 radical (unpaired) electrons. The zero-order chi connectivity index (χ0) is 25.6. The van der Waals surface area contributed by atoms with Gasteiger partial charge in [0.05, 0.1) is 42.0 Å². The second kappa shape index (κ2) is 11.2. The molecular formula is C24H22ClFN9O2+. The van der Waals surface area contributed by atoms with Crippen LogP contribution in [-0.2, 0) is 4.74 Å². The number of hydrogen-bond donors (Lipinski definition) is 3. The van der Waals surface area contributed by atoms with Gasteiger partial charge < -0.3 is 15.0 Å². The lowest BCUT2D eigenvalue weighted by Crippen LogP contribution is -2.90.